The van der Waals surface area contributed by atoms with Crippen molar-refractivity contribution in [2.24, 2.45) is 0 Å². The Labute approximate surface area is 203 Å². The average Bonchev–Trinajstić information content (AvgIpc) is 2.81. The molecule has 1 atom stereocenters. The van der Waals surface area contributed by atoms with E-state index >= 15 is 0 Å². The summed E-state index contributed by atoms with van der Waals surface area (Å²) in [6, 6.07) is 15.8. The van der Waals surface area contributed by atoms with E-state index in [4.69, 9.17) is 0 Å². The average molecular weight is 486 g/mol. The van der Waals surface area contributed by atoms with Crippen molar-refractivity contribution in [2.45, 2.75) is 64.6 Å². The molecule has 1 fully saturated rings. The van der Waals surface area contributed by atoms with Crippen LogP contribution < -0.4 is 9.62 Å². The van der Waals surface area contributed by atoms with E-state index in [1.165, 1.54) is 11.3 Å². The predicted octanol–water partition coefficient (Wildman–Crippen LogP) is 3.63. The zero-order chi connectivity index (χ0) is 24.7. The highest BCUT2D eigenvalue weighted by Crippen LogP contribution is 2.21. The molecule has 1 saturated carbocycles. The van der Waals surface area contributed by atoms with E-state index in [1.807, 2.05) is 43.3 Å². The smallest absolute Gasteiger partial charge is 0.244 e. The van der Waals surface area contributed by atoms with Crippen LogP contribution >= 0.6 is 0 Å². The maximum Gasteiger partial charge on any atom is 0.244 e. The molecule has 1 unspecified atom stereocenters. The number of carbonyl (C=O) groups is 2. The Morgan fingerprint density at radius 1 is 1.03 bits per heavy atom. The second-order valence-corrected chi connectivity index (χ2v) is 11.0. The first kappa shape index (κ1) is 25.7. The lowest BCUT2D eigenvalue weighted by Crippen LogP contribution is -2.52. The van der Waals surface area contributed by atoms with Crippen molar-refractivity contribution in [3.05, 3.63) is 65.7 Å². The van der Waals surface area contributed by atoms with Gasteiger partial charge >= 0.3 is 0 Å². The summed E-state index contributed by atoms with van der Waals surface area (Å²) in [5.74, 6) is -0.639. The van der Waals surface area contributed by atoms with Crippen molar-refractivity contribution in [2.75, 3.05) is 17.1 Å². The summed E-state index contributed by atoms with van der Waals surface area (Å²) >= 11 is 0. The molecule has 2 amide bonds. The third-order valence-corrected chi connectivity index (χ3v) is 7.42. The van der Waals surface area contributed by atoms with Gasteiger partial charge in [0.15, 0.2) is 0 Å². The summed E-state index contributed by atoms with van der Waals surface area (Å²) in [5.41, 5.74) is 2.18. The maximum atomic E-state index is 13.5. The van der Waals surface area contributed by atoms with E-state index in [1.54, 1.807) is 25.1 Å². The van der Waals surface area contributed by atoms with E-state index in [9.17, 15) is 18.0 Å². The van der Waals surface area contributed by atoms with Crippen LogP contribution in [0.5, 0.6) is 0 Å². The second kappa shape index (κ2) is 11.5. The normalized spacial score (nSPS) is 15.4. The number of aryl methyl sites for hydroxylation is 1. The Kier molecular flexibility index (Phi) is 8.72. The molecular formula is C26H35N3O4S. The van der Waals surface area contributed by atoms with Gasteiger partial charge in [0.1, 0.15) is 12.6 Å². The van der Waals surface area contributed by atoms with E-state index in [0.717, 1.165) is 47.4 Å². The van der Waals surface area contributed by atoms with Gasteiger partial charge in [-0.3, -0.25) is 13.9 Å². The summed E-state index contributed by atoms with van der Waals surface area (Å²) in [5, 5.41) is 3.10. The van der Waals surface area contributed by atoms with E-state index < -0.39 is 22.0 Å². The lowest BCUT2D eigenvalue weighted by atomic mass is 9.95. The van der Waals surface area contributed by atoms with Crippen LogP contribution in [0.4, 0.5) is 5.69 Å². The third-order valence-electron chi connectivity index (χ3n) is 6.28. The highest BCUT2D eigenvalue weighted by atomic mass is 32.2. The molecule has 0 radical (unpaired) electrons. The topological polar surface area (TPSA) is 86.8 Å². The van der Waals surface area contributed by atoms with Crippen molar-refractivity contribution in [3.8, 4) is 0 Å². The Morgan fingerprint density at radius 3 is 2.32 bits per heavy atom. The van der Waals surface area contributed by atoms with Gasteiger partial charge in [0.2, 0.25) is 21.8 Å². The van der Waals surface area contributed by atoms with E-state index in [0.29, 0.717) is 5.69 Å². The zero-order valence-electron chi connectivity index (χ0n) is 20.2. The Bertz CT molecular complexity index is 1080. The quantitative estimate of drug-likeness (QED) is 0.588. The van der Waals surface area contributed by atoms with Crippen molar-refractivity contribution >= 4 is 27.5 Å². The molecule has 1 aliphatic carbocycles. The van der Waals surface area contributed by atoms with Gasteiger partial charge in [-0.25, -0.2) is 8.42 Å². The Hall–Kier alpha value is -2.87. The molecule has 0 heterocycles. The van der Waals surface area contributed by atoms with Gasteiger partial charge in [-0.1, -0.05) is 61.7 Å². The van der Waals surface area contributed by atoms with Gasteiger partial charge < -0.3 is 10.2 Å². The summed E-state index contributed by atoms with van der Waals surface area (Å²) in [4.78, 5) is 28.1. The number of hydrogen-bond donors (Lipinski definition) is 1. The van der Waals surface area contributed by atoms with Crippen molar-refractivity contribution < 1.29 is 18.0 Å². The van der Waals surface area contributed by atoms with Crippen LogP contribution in [0.1, 0.15) is 50.2 Å². The molecule has 2 aromatic carbocycles. The fourth-order valence-electron chi connectivity index (χ4n) is 4.33. The van der Waals surface area contributed by atoms with E-state index in [-0.39, 0.29) is 25.0 Å². The van der Waals surface area contributed by atoms with Gasteiger partial charge in [0, 0.05) is 12.6 Å². The number of amides is 2. The standard InChI is InChI=1S/C26H35N3O4S/c1-20-11-10-16-24(17-20)29(34(3,32)33)19-25(30)28(18-22-12-6-4-7-13-22)21(2)26(31)27-23-14-8-5-9-15-23/h4,6-7,10-13,16-17,21,23H,5,8-9,14-15,18-19H2,1-3H3,(H,27,31). The van der Waals surface area contributed by atoms with Crippen LogP contribution in [0.15, 0.2) is 54.6 Å². The van der Waals surface area contributed by atoms with Crippen molar-refractivity contribution in [3.63, 3.8) is 0 Å². The van der Waals surface area contributed by atoms with Gasteiger partial charge in [0.25, 0.3) is 0 Å². The summed E-state index contributed by atoms with van der Waals surface area (Å²) in [6.45, 7) is 3.40. The number of nitrogens with one attached hydrogen (secondary N) is 1. The first-order valence-corrected chi connectivity index (χ1v) is 13.7. The number of sulfonamides is 1. The Balaban J connectivity index is 1.84. The molecule has 7 nitrogen and oxygen atoms in total. The molecule has 184 valence electrons. The number of anilines is 1. The minimum absolute atomic E-state index is 0.122. The molecule has 1 aliphatic rings. The first-order chi connectivity index (χ1) is 16.1. The number of nitrogens with zero attached hydrogens (tertiary/aromatic N) is 2. The molecule has 0 saturated heterocycles. The Morgan fingerprint density at radius 2 is 1.71 bits per heavy atom. The van der Waals surface area contributed by atoms with Gasteiger partial charge in [0.05, 0.1) is 11.9 Å². The van der Waals surface area contributed by atoms with Crippen LogP contribution in [0.25, 0.3) is 0 Å². The molecule has 0 aliphatic heterocycles. The van der Waals surface area contributed by atoms with Crippen molar-refractivity contribution in [1.82, 2.24) is 10.2 Å². The zero-order valence-corrected chi connectivity index (χ0v) is 21.1. The lowest BCUT2D eigenvalue weighted by molar-refractivity contribution is -0.139. The van der Waals surface area contributed by atoms with Gasteiger partial charge in [-0.05, 0) is 49.9 Å². The van der Waals surface area contributed by atoms with Crippen LogP contribution in [0.3, 0.4) is 0 Å². The molecular weight excluding hydrogens is 450 g/mol. The summed E-state index contributed by atoms with van der Waals surface area (Å²) in [6.07, 6.45) is 6.34. The number of carbonyl (C=O) groups excluding carboxylic acids is 2. The van der Waals surface area contributed by atoms with Crippen LogP contribution in [-0.2, 0) is 26.2 Å². The molecule has 0 spiro atoms. The van der Waals surface area contributed by atoms with E-state index in [2.05, 4.69) is 5.32 Å². The summed E-state index contributed by atoms with van der Waals surface area (Å²) in [7, 11) is -3.72. The first-order valence-electron chi connectivity index (χ1n) is 11.8. The minimum atomic E-state index is -3.72. The monoisotopic (exact) mass is 485 g/mol. The number of benzene rings is 2. The molecule has 3 rings (SSSR count). The molecule has 0 bridgehead atoms. The molecule has 8 heteroatoms. The maximum absolute atomic E-state index is 13.5. The molecule has 34 heavy (non-hydrogen) atoms. The van der Waals surface area contributed by atoms with Crippen molar-refractivity contribution in [1.29, 1.82) is 0 Å². The largest absolute Gasteiger partial charge is 0.352 e. The fraction of sp³-hybridized carbons (Fsp3) is 0.462. The van der Waals surface area contributed by atoms with Gasteiger partial charge in [-0.2, -0.15) is 0 Å². The summed E-state index contributed by atoms with van der Waals surface area (Å²) < 4.78 is 26.3. The third kappa shape index (κ3) is 7.06. The molecule has 0 aromatic heterocycles. The van der Waals surface area contributed by atoms with Crippen LogP contribution in [-0.4, -0.2) is 50.0 Å². The predicted molar refractivity (Wildman–Crippen MR) is 135 cm³/mol. The lowest BCUT2D eigenvalue weighted by Gasteiger charge is -2.33. The highest BCUT2D eigenvalue weighted by Gasteiger charge is 2.31. The molecule has 2 aromatic rings. The number of rotatable bonds is 9. The van der Waals surface area contributed by atoms with Gasteiger partial charge in [-0.15, -0.1) is 0 Å². The molecule has 1 N–H and O–H groups in total. The highest BCUT2D eigenvalue weighted by molar-refractivity contribution is 7.92. The second-order valence-electron chi connectivity index (χ2n) is 9.14. The van der Waals surface area contributed by atoms with Crippen LogP contribution in [0, 0.1) is 6.92 Å². The fourth-order valence-corrected chi connectivity index (χ4v) is 5.17. The minimum Gasteiger partial charge on any atom is -0.352 e. The SMILES string of the molecule is Cc1cccc(N(CC(=O)N(Cc2ccccc2)C(C)C(=O)NC2CCCCC2)S(C)(=O)=O)c1. The number of hydrogen-bond acceptors (Lipinski definition) is 4. The van der Waals surface area contributed by atoms with Crippen LogP contribution in [0.2, 0.25) is 0 Å².